The van der Waals surface area contributed by atoms with Crippen molar-refractivity contribution in [2.75, 3.05) is 6.54 Å². The zero-order chi connectivity index (χ0) is 10.2. The fourth-order valence-corrected chi connectivity index (χ4v) is 2.81. The summed E-state index contributed by atoms with van der Waals surface area (Å²) in [6.45, 7) is 5.22. The molecule has 1 nitrogen and oxygen atoms in total. The molecular weight excluding hydrogens is 170 g/mol. The highest BCUT2D eigenvalue weighted by atomic mass is 14.6. The van der Waals surface area contributed by atoms with Crippen LogP contribution in [-0.4, -0.2) is 6.54 Å². The van der Waals surface area contributed by atoms with E-state index in [0.717, 1.165) is 6.54 Å². The van der Waals surface area contributed by atoms with Crippen LogP contribution < -0.4 is 5.73 Å². The van der Waals surface area contributed by atoms with Gasteiger partial charge in [-0.1, -0.05) is 24.6 Å². The summed E-state index contributed by atoms with van der Waals surface area (Å²) in [4.78, 5) is 0. The lowest BCUT2D eigenvalue weighted by Gasteiger charge is -2.43. The Balaban J connectivity index is 2.49. The first-order chi connectivity index (χ1) is 6.69. The first kappa shape index (κ1) is 9.72. The normalized spacial score (nSPS) is 19.1. The molecule has 0 bridgehead atoms. The van der Waals surface area contributed by atoms with Crippen molar-refractivity contribution in [2.24, 2.45) is 5.73 Å². The van der Waals surface area contributed by atoms with Crippen LogP contribution in [0.15, 0.2) is 18.2 Å². The molecule has 0 saturated heterocycles. The molecule has 0 atom stereocenters. The minimum Gasteiger partial charge on any atom is -0.330 e. The van der Waals surface area contributed by atoms with Crippen molar-refractivity contribution in [1.82, 2.24) is 0 Å². The van der Waals surface area contributed by atoms with Crippen molar-refractivity contribution < 1.29 is 0 Å². The second-order valence-electron chi connectivity index (χ2n) is 4.60. The van der Waals surface area contributed by atoms with E-state index in [4.69, 9.17) is 5.73 Å². The third-order valence-electron chi connectivity index (χ3n) is 3.71. The maximum Gasteiger partial charge on any atom is 0.00808 e. The van der Waals surface area contributed by atoms with Crippen LogP contribution in [0.5, 0.6) is 0 Å². The van der Waals surface area contributed by atoms with Gasteiger partial charge in [0.1, 0.15) is 0 Å². The summed E-state index contributed by atoms with van der Waals surface area (Å²) in [5.41, 5.74) is 10.6. The Morgan fingerprint density at radius 2 is 1.79 bits per heavy atom. The van der Waals surface area contributed by atoms with Crippen molar-refractivity contribution in [3.63, 3.8) is 0 Å². The fraction of sp³-hybridized carbons (Fsp3) is 0.538. The zero-order valence-electron chi connectivity index (χ0n) is 9.14. The fourth-order valence-electron chi connectivity index (χ4n) is 2.81. The predicted octanol–water partition coefficient (Wildman–Crippen LogP) is 2.68. The molecule has 0 unspecified atom stereocenters. The number of hydrogen-bond donors (Lipinski definition) is 1. The first-order valence-corrected chi connectivity index (χ1v) is 5.46. The highest BCUT2D eigenvalue weighted by Crippen LogP contribution is 2.45. The third-order valence-corrected chi connectivity index (χ3v) is 3.71. The van der Waals surface area contributed by atoms with Crippen LogP contribution in [-0.2, 0) is 5.41 Å². The SMILES string of the molecule is Cc1cccc(C)c1C1(CN)CCC1. The second kappa shape index (κ2) is 3.39. The number of aryl methyl sites for hydroxylation is 2. The van der Waals surface area contributed by atoms with Gasteiger partial charge in [-0.05, 0) is 43.4 Å². The van der Waals surface area contributed by atoms with Crippen molar-refractivity contribution in [3.05, 3.63) is 34.9 Å². The molecule has 2 N–H and O–H groups in total. The Labute approximate surface area is 86.3 Å². The second-order valence-corrected chi connectivity index (χ2v) is 4.60. The van der Waals surface area contributed by atoms with E-state index in [1.165, 1.54) is 36.0 Å². The Hall–Kier alpha value is -0.820. The summed E-state index contributed by atoms with van der Waals surface area (Å²) in [6.07, 6.45) is 3.88. The number of rotatable bonds is 2. The molecule has 2 rings (SSSR count). The van der Waals surface area contributed by atoms with Crippen LogP contribution in [0, 0.1) is 13.8 Å². The van der Waals surface area contributed by atoms with Crippen LogP contribution in [0.1, 0.15) is 36.0 Å². The molecular formula is C13H19N. The Bertz CT molecular complexity index is 311. The van der Waals surface area contributed by atoms with Gasteiger partial charge in [0.2, 0.25) is 0 Å². The van der Waals surface area contributed by atoms with Crippen molar-refractivity contribution in [3.8, 4) is 0 Å². The Morgan fingerprint density at radius 3 is 2.14 bits per heavy atom. The molecule has 1 saturated carbocycles. The summed E-state index contributed by atoms with van der Waals surface area (Å²) in [5.74, 6) is 0. The van der Waals surface area contributed by atoms with Gasteiger partial charge in [-0.15, -0.1) is 0 Å². The number of nitrogens with two attached hydrogens (primary N) is 1. The summed E-state index contributed by atoms with van der Waals surface area (Å²) in [5, 5.41) is 0. The van der Waals surface area contributed by atoms with Crippen LogP contribution in [0.3, 0.4) is 0 Å². The van der Waals surface area contributed by atoms with Crippen LogP contribution in [0.2, 0.25) is 0 Å². The number of benzene rings is 1. The van der Waals surface area contributed by atoms with Gasteiger partial charge in [-0.3, -0.25) is 0 Å². The highest BCUT2D eigenvalue weighted by Gasteiger charge is 2.38. The van der Waals surface area contributed by atoms with Gasteiger partial charge in [0.05, 0.1) is 0 Å². The van der Waals surface area contributed by atoms with Gasteiger partial charge >= 0.3 is 0 Å². The van der Waals surface area contributed by atoms with Gasteiger partial charge in [0.15, 0.2) is 0 Å². The smallest absolute Gasteiger partial charge is 0.00808 e. The van der Waals surface area contributed by atoms with E-state index in [1.807, 2.05) is 0 Å². The largest absolute Gasteiger partial charge is 0.330 e. The molecule has 0 spiro atoms. The standard InChI is InChI=1S/C13H19N/c1-10-5-3-6-11(2)12(10)13(9-14)7-4-8-13/h3,5-6H,4,7-9,14H2,1-2H3. The summed E-state index contributed by atoms with van der Waals surface area (Å²) in [6, 6.07) is 6.55. The first-order valence-electron chi connectivity index (χ1n) is 5.46. The molecule has 1 aliphatic carbocycles. The van der Waals surface area contributed by atoms with E-state index < -0.39 is 0 Å². The van der Waals surface area contributed by atoms with Gasteiger partial charge in [0.25, 0.3) is 0 Å². The van der Waals surface area contributed by atoms with Crippen LogP contribution >= 0.6 is 0 Å². The Morgan fingerprint density at radius 1 is 1.21 bits per heavy atom. The maximum absolute atomic E-state index is 5.94. The molecule has 14 heavy (non-hydrogen) atoms. The van der Waals surface area contributed by atoms with Crippen molar-refractivity contribution in [1.29, 1.82) is 0 Å². The Kier molecular flexibility index (Phi) is 2.36. The molecule has 0 aromatic heterocycles. The van der Waals surface area contributed by atoms with Crippen LogP contribution in [0.4, 0.5) is 0 Å². The molecule has 1 aromatic carbocycles. The van der Waals surface area contributed by atoms with E-state index in [1.54, 1.807) is 0 Å². The van der Waals surface area contributed by atoms with Crippen molar-refractivity contribution >= 4 is 0 Å². The van der Waals surface area contributed by atoms with E-state index in [2.05, 4.69) is 32.0 Å². The lowest BCUT2D eigenvalue weighted by molar-refractivity contribution is 0.251. The highest BCUT2D eigenvalue weighted by molar-refractivity contribution is 5.41. The van der Waals surface area contributed by atoms with E-state index in [9.17, 15) is 0 Å². The van der Waals surface area contributed by atoms with E-state index in [-0.39, 0.29) is 0 Å². The van der Waals surface area contributed by atoms with Gasteiger partial charge in [-0.25, -0.2) is 0 Å². The topological polar surface area (TPSA) is 26.0 Å². The van der Waals surface area contributed by atoms with Gasteiger partial charge in [0, 0.05) is 12.0 Å². The quantitative estimate of drug-likeness (QED) is 0.760. The molecule has 0 aliphatic heterocycles. The van der Waals surface area contributed by atoms with Gasteiger partial charge in [-0.2, -0.15) is 0 Å². The van der Waals surface area contributed by atoms with Gasteiger partial charge < -0.3 is 5.73 Å². The molecule has 0 amide bonds. The summed E-state index contributed by atoms with van der Waals surface area (Å²) < 4.78 is 0. The predicted molar refractivity (Wildman–Crippen MR) is 60.5 cm³/mol. The molecule has 1 fully saturated rings. The van der Waals surface area contributed by atoms with Crippen molar-refractivity contribution in [2.45, 2.75) is 38.5 Å². The molecule has 0 heterocycles. The average Bonchev–Trinajstić information content (AvgIpc) is 2.08. The molecule has 1 aliphatic rings. The zero-order valence-corrected chi connectivity index (χ0v) is 9.14. The lowest BCUT2D eigenvalue weighted by Crippen LogP contribution is -2.42. The minimum atomic E-state index is 0.315. The molecule has 76 valence electrons. The summed E-state index contributed by atoms with van der Waals surface area (Å²) in [7, 11) is 0. The molecule has 1 heteroatoms. The average molecular weight is 189 g/mol. The van der Waals surface area contributed by atoms with Crippen LogP contribution in [0.25, 0.3) is 0 Å². The van der Waals surface area contributed by atoms with E-state index in [0.29, 0.717) is 5.41 Å². The monoisotopic (exact) mass is 189 g/mol. The third kappa shape index (κ3) is 1.27. The lowest BCUT2D eigenvalue weighted by atomic mass is 9.62. The molecule has 0 radical (unpaired) electrons. The molecule has 1 aromatic rings. The van der Waals surface area contributed by atoms with E-state index >= 15 is 0 Å². The minimum absolute atomic E-state index is 0.315. The number of hydrogen-bond acceptors (Lipinski definition) is 1. The summed E-state index contributed by atoms with van der Waals surface area (Å²) >= 11 is 0. The maximum atomic E-state index is 5.94.